The molecule has 0 aliphatic carbocycles. The van der Waals surface area contributed by atoms with Gasteiger partial charge < -0.3 is 14.4 Å². The van der Waals surface area contributed by atoms with Crippen LogP contribution in [0, 0.1) is 0 Å². The summed E-state index contributed by atoms with van der Waals surface area (Å²) in [6.07, 6.45) is 1.57. The van der Waals surface area contributed by atoms with Crippen LogP contribution in [0.1, 0.15) is 37.4 Å². The van der Waals surface area contributed by atoms with Crippen LogP contribution in [0.15, 0.2) is 6.20 Å². The van der Waals surface area contributed by atoms with E-state index in [1.807, 2.05) is 0 Å². The highest BCUT2D eigenvalue weighted by atomic mass is 32.1. The Morgan fingerprint density at radius 3 is 2.47 bits per heavy atom. The molecular weight excluding hydrogens is 264 g/mol. The van der Waals surface area contributed by atoms with Crippen molar-refractivity contribution in [2.24, 2.45) is 0 Å². The maximum Gasteiger partial charge on any atom is 0.349 e. The first-order valence-electron chi connectivity index (χ1n) is 6.22. The van der Waals surface area contributed by atoms with Gasteiger partial charge in [-0.05, 0) is 27.7 Å². The van der Waals surface area contributed by atoms with E-state index in [0.717, 1.165) is 18.2 Å². The lowest BCUT2D eigenvalue weighted by molar-refractivity contribution is -0.133. The average Bonchev–Trinajstić information content (AvgIpc) is 2.73. The molecule has 6 heteroatoms. The van der Waals surface area contributed by atoms with Crippen LogP contribution in [0.25, 0.3) is 0 Å². The topological polar surface area (TPSA) is 51.7 Å². The van der Waals surface area contributed by atoms with Gasteiger partial charge in [-0.25, -0.2) is 9.78 Å². The Morgan fingerprint density at radius 2 is 1.95 bits per heavy atom. The summed E-state index contributed by atoms with van der Waals surface area (Å²) in [6.45, 7) is 9.77. The van der Waals surface area contributed by atoms with Crippen molar-refractivity contribution in [3.05, 3.63) is 11.1 Å². The number of hydrogen-bond donors (Lipinski definition) is 0. The number of aromatic nitrogens is 1. The van der Waals surface area contributed by atoms with Gasteiger partial charge in [0.1, 0.15) is 4.88 Å². The molecule has 0 amide bonds. The lowest BCUT2D eigenvalue weighted by Gasteiger charge is -2.47. The SMILES string of the molecule is COC(=O)c1cnc(N2CC(C)(C)OC(C)(C)C2)s1. The van der Waals surface area contributed by atoms with Crippen LogP contribution >= 0.6 is 11.3 Å². The Balaban J connectivity index is 2.21. The predicted molar refractivity (Wildman–Crippen MR) is 74.9 cm³/mol. The number of rotatable bonds is 2. The normalized spacial score (nSPS) is 21.2. The second kappa shape index (κ2) is 4.76. The number of nitrogens with zero attached hydrogens (tertiary/aromatic N) is 2. The number of esters is 1. The molecule has 0 aromatic carbocycles. The molecule has 106 valence electrons. The Labute approximate surface area is 117 Å². The summed E-state index contributed by atoms with van der Waals surface area (Å²) >= 11 is 1.36. The van der Waals surface area contributed by atoms with Crippen molar-refractivity contribution in [2.75, 3.05) is 25.1 Å². The van der Waals surface area contributed by atoms with Crippen LogP contribution in [-0.4, -0.2) is 42.4 Å². The lowest BCUT2D eigenvalue weighted by atomic mass is 9.99. The van der Waals surface area contributed by atoms with E-state index in [2.05, 4.69) is 37.6 Å². The van der Waals surface area contributed by atoms with E-state index < -0.39 is 0 Å². The first kappa shape index (κ1) is 14.3. The minimum Gasteiger partial charge on any atom is -0.465 e. The summed E-state index contributed by atoms with van der Waals surface area (Å²) in [5.74, 6) is -0.337. The second-order valence-electron chi connectivity index (χ2n) is 5.98. The Kier molecular flexibility index (Phi) is 3.57. The Hall–Kier alpha value is -1.14. The third-order valence-electron chi connectivity index (χ3n) is 2.85. The van der Waals surface area contributed by atoms with Crippen LogP contribution in [0.3, 0.4) is 0 Å². The maximum atomic E-state index is 11.5. The standard InChI is InChI=1S/C13H20N2O3S/c1-12(2)7-15(8-13(3,4)18-12)11-14-6-9(19-11)10(16)17-5/h6H,7-8H2,1-5H3. The summed E-state index contributed by atoms with van der Waals surface area (Å²) in [7, 11) is 1.38. The molecule has 0 bridgehead atoms. The zero-order chi connectivity index (χ0) is 14.3. The molecule has 5 nitrogen and oxygen atoms in total. The first-order valence-corrected chi connectivity index (χ1v) is 7.03. The number of methoxy groups -OCH3 is 1. The van der Waals surface area contributed by atoms with Crippen LogP contribution in [0.4, 0.5) is 5.13 Å². The zero-order valence-corrected chi connectivity index (χ0v) is 12.8. The molecule has 0 saturated carbocycles. The highest BCUT2D eigenvalue weighted by Gasteiger charge is 2.39. The molecule has 1 saturated heterocycles. The summed E-state index contributed by atoms with van der Waals surface area (Å²) in [4.78, 5) is 18.5. The van der Waals surface area contributed by atoms with Crippen molar-refractivity contribution in [3.63, 3.8) is 0 Å². The second-order valence-corrected chi connectivity index (χ2v) is 6.99. The smallest absolute Gasteiger partial charge is 0.349 e. The van der Waals surface area contributed by atoms with E-state index in [0.29, 0.717) is 4.88 Å². The Bertz CT molecular complexity index is 466. The van der Waals surface area contributed by atoms with Crippen LogP contribution < -0.4 is 4.90 Å². The van der Waals surface area contributed by atoms with Crippen molar-refractivity contribution < 1.29 is 14.3 Å². The molecule has 1 aliphatic rings. The monoisotopic (exact) mass is 284 g/mol. The van der Waals surface area contributed by atoms with Crippen molar-refractivity contribution in [1.82, 2.24) is 4.98 Å². The number of anilines is 1. The van der Waals surface area contributed by atoms with Gasteiger partial charge in [0.25, 0.3) is 0 Å². The fourth-order valence-electron chi connectivity index (χ4n) is 2.53. The molecule has 0 atom stereocenters. The molecule has 0 unspecified atom stereocenters. The fourth-order valence-corrected chi connectivity index (χ4v) is 3.36. The summed E-state index contributed by atoms with van der Waals surface area (Å²) in [6, 6.07) is 0. The average molecular weight is 284 g/mol. The van der Waals surface area contributed by atoms with Gasteiger partial charge in [-0.2, -0.15) is 0 Å². The van der Waals surface area contributed by atoms with Gasteiger partial charge in [0.15, 0.2) is 5.13 Å². The van der Waals surface area contributed by atoms with Crippen LogP contribution in [0.2, 0.25) is 0 Å². The molecule has 19 heavy (non-hydrogen) atoms. The number of ether oxygens (including phenoxy) is 2. The molecule has 0 spiro atoms. The van der Waals surface area contributed by atoms with Crippen molar-refractivity contribution in [3.8, 4) is 0 Å². The molecule has 0 N–H and O–H groups in total. The van der Waals surface area contributed by atoms with Gasteiger partial charge in [-0.1, -0.05) is 11.3 Å². The maximum absolute atomic E-state index is 11.5. The number of morpholine rings is 1. The summed E-state index contributed by atoms with van der Waals surface area (Å²) < 4.78 is 10.7. The van der Waals surface area contributed by atoms with E-state index in [-0.39, 0.29) is 17.2 Å². The van der Waals surface area contributed by atoms with Gasteiger partial charge in [0, 0.05) is 13.1 Å². The molecule has 1 fully saturated rings. The molecular formula is C13H20N2O3S. The summed E-state index contributed by atoms with van der Waals surface area (Å²) in [5, 5.41) is 0.838. The third kappa shape index (κ3) is 3.25. The van der Waals surface area contributed by atoms with Crippen molar-refractivity contribution in [1.29, 1.82) is 0 Å². The first-order chi connectivity index (χ1) is 8.72. The lowest BCUT2D eigenvalue weighted by Crippen LogP contribution is -2.57. The fraction of sp³-hybridized carbons (Fsp3) is 0.692. The van der Waals surface area contributed by atoms with Gasteiger partial charge in [0.2, 0.25) is 0 Å². The molecule has 2 rings (SSSR count). The minimum absolute atomic E-state index is 0.237. The number of hydrogen-bond acceptors (Lipinski definition) is 6. The molecule has 0 radical (unpaired) electrons. The number of carbonyl (C=O) groups excluding carboxylic acids is 1. The Morgan fingerprint density at radius 1 is 1.37 bits per heavy atom. The van der Waals surface area contributed by atoms with E-state index >= 15 is 0 Å². The molecule has 1 aliphatic heterocycles. The van der Waals surface area contributed by atoms with Crippen molar-refractivity contribution in [2.45, 2.75) is 38.9 Å². The van der Waals surface area contributed by atoms with Crippen LogP contribution in [0.5, 0.6) is 0 Å². The predicted octanol–water partition coefficient (Wildman–Crippen LogP) is 2.32. The van der Waals surface area contributed by atoms with E-state index in [9.17, 15) is 4.79 Å². The third-order valence-corrected chi connectivity index (χ3v) is 3.88. The largest absolute Gasteiger partial charge is 0.465 e. The van der Waals surface area contributed by atoms with Gasteiger partial charge in [-0.3, -0.25) is 0 Å². The highest BCUT2D eigenvalue weighted by molar-refractivity contribution is 7.17. The van der Waals surface area contributed by atoms with Gasteiger partial charge >= 0.3 is 5.97 Å². The molecule has 1 aromatic rings. The van der Waals surface area contributed by atoms with Gasteiger partial charge in [-0.15, -0.1) is 0 Å². The number of carbonyl (C=O) groups is 1. The van der Waals surface area contributed by atoms with Crippen molar-refractivity contribution >= 4 is 22.4 Å². The van der Waals surface area contributed by atoms with E-state index in [1.54, 1.807) is 6.20 Å². The number of thiazole rings is 1. The summed E-state index contributed by atoms with van der Waals surface area (Å²) in [5.41, 5.74) is -0.475. The van der Waals surface area contributed by atoms with E-state index in [1.165, 1.54) is 18.4 Å². The van der Waals surface area contributed by atoms with Gasteiger partial charge in [0.05, 0.1) is 24.5 Å². The van der Waals surface area contributed by atoms with E-state index in [4.69, 9.17) is 9.47 Å². The quantitative estimate of drug-likeness (QED) is 0.780. The zero-order valence-electron chi connectivity index (χ0n) is 12.0. The minimum atomic E-state index is -0.337. The highest BCUT2D eigenvalue weighted by Crippen LogP contribution is 2.33. The van der Waals surface area contributed by atoms with Crippen LogP contribution in [-0.2, 0) is 9.47 Å². The molecule has 1 aromatic heterocycles. The molecule has 2 heterocycles.